The summed E-state index contributed by atoms with van der Waals surface area (Å²) < 4.78 is 10.4. The standard InChI is InChI=1S/C17H17N3O3/c1-22-12-5-6-15(23-2)14(9-12)20-16(21)8-11-10-19-17-13(11)4-3-7-18-17/h3-7,9-10H,8H2,1-2H3,(H,18,19)(H,20,21). The second-order valence-corrected chi connectivity index (χ2v) is 5.00. The van der Waals surface area contributed by atoms with Crippen LogP contribution < -0.4 is 14.8 Å². The number of aromatic nitrogens is 2. The van der Waals surface area contributed by atoms with Crippen molar-refractivity contribution in [1.82, 2.24) is 9.97 Å². The molecule has 0 saturated heterocycles. The quantitative estimate of drug-likeness (QED) is 0.759. The number of anilines is 1. The molecule has 6 nitrogen and oxygen atoms in total. The number of hydrogen-bond acceptors (Lipinski definition) is 4. The van der Waals surface area contributed by atoms with Crippen LogP contribution in [-0.2, 0) is 11.2 Å². The highest BCUT2D eigenvalue weighted by Crippen LogP contribution is 2.29. The lowest BCUT2D eigenvalue weighted by molar-refractivity contribution is -0.115. The summed E-state index contributed by atoms with van der Waals surface area (Å²) in [6.45, 7) is 0. The molecule has 1 amide bonds. The monoisotopic (exact) mass is 311 g/mol. The van der Waals surface area contributed by atoms with Crippen molar-refractivity contribution in [2.24, 2.45) is 0 Å². The predicted molar refractivity (Wildman–Crippen MR) is 88.0 cm³/mol. The van der Waals surface area contributed by atoms with Gasteiger partial charge in [-0.3, -0.25) is 4.79 Å². The number of nitrogens with zero attached hydrogens (tertiary/aromatic N) is 1. The summed E-state index contributed by atoms with van der Waals surface area (Å²) in [5, 5.41) is 3.81. The molecule has 0 atom stereocenters. The lowest BCUT2D eigenvalue weighted by Gasteiger charge is -2.11. The van der Waals surface area contributed by atoms with E-state index in [-0.39, 0.29) is 12.3 Å². The maximum atomic E-state index is 12.3. The number of ether oxygens (including phenoxy) is 2. The number of nitrogens with one attached hydrogen (secondary N) is 2. The molecule has 2 aromatic heterocycles. The van der Waals surface area contributed by atoms with E-state index in [0.29, 0.717) is 17.2 Å². The first-order valence-electron chi connectivity index (χ1n) is 7.14. The zero-order valence-corrected chi connectivity index (χ0v) is 12.9. The zero-order valence-electron chi connectivity index (χ0n) is 12.9. The number of hydrogen-bond donors (Lipinski definition) is 2. The Hall–Kier alpha value is -3.02. The topological polar surface area (TPSA) is 76.2 Å². The number of rotatable bonds is 5. The van der Waals surface area contributed by atoms with E-state index in [1.165, 1.54) is 0 Å². The van der Waals surface area contributed by atoms with Gasteiger partial charge in [0, 0.05) is 23.8 Å². The molecule has 0 fully saturated rings. The van der Waals surface area contributed by atoms with E-state index >= 15 is 0 Å². The van der Waals surface area contributed by atoms with Crippen LogP contribution >= 0.6 is 0 Å². The average Bonchev–Trinajstić information content (AvgIpc) is 2.98. The Bertz CT molecular complexity index is 842. The minimum absolute atomic E-state index is 0.138. The van der Waals surface area contributed by atoms with Crippen LogP contribution in [0.3, 0.4) is 0 Å². The van der Waals surface area contributed by atoms with Crippen LogP contribution in [0.15, 0.2) is 42.7 Å². The molecule has 0 aliphatic heterocycles. The molecule has 3 aromatic rings. The molecule has 6 heteroatoms. The second-order valence-electron chi connectivity index (χ2n) is 5.00. The van der Waals surface area contributed by atoms with Crippen LogP contribution in [0, 0.1) is 0 Å². The van der Waals surface area contributed by atoms with Crippen molar-refractivity contribution < 1.29 is 14.3 Å². The first-order chi connectivity index (χ1) is 11.2. The van der Waals surface area contributed by atoms with Crippen molar-refractivity contribution in [1.29, 1.82) is 0 Å². The Morgan fingerprint density at radius 3 is 2.91 bits per heavy atom. The van der Waals surface area contributed by atoms with Crippen LogP contribution in [-0.4, -0.2) is 30.1 Å². The molecule has 0 aliphatic carbocycles. The fourth-order valence-corrected chi connectivity index (χ4v) is 2.44. The maximum absolute atomic E-state index is 12.3. The third kappa shape index (κ3) is 3.11. The van der Waals surface area contributed by atoms with Gasteiger partial charge in [-0.05, 0) is 29.8 Å². The van der Waals surface area contributed by atoms with Gasteiger partial charge in [0.15, 0.2) is 0 Å². The minimum Gasteiger partial charge on any atom is -0.497 e. The summed E-state index contributed by atoms with van der Waals surface area (Å²) in [6, 6.07) is 9.05. The van der Waals surface area contributed by atoms with Gasteiger partial charge in [-0.2, -0.15) is 0 Å². The van der Waals surface area contributed by atoms with Crippen molar-refractivity contribution in [3.8, 4) is 11.5 Å². The van der Waals surface area contributed by atoms with Crippen LogP contribution in [0.25, 0.3) is 11.0 Å². The van der Waals surface area contributed by atoms with Gasteiger partial charge in [-0.1, -0.05) is 0 Å². The van der Waals surface area contributed by atoms with Gasteiger partial charge < -0.3 is 19.8 Å². The van der Waals surface area contributed by atoms with Crippen molar-refractivity contribution in [3.63, 3.8) is 0 Å². The predicted octanol–water partition coefficient (Wildman–Crippen LogP) is 2.76. The number of carbonyl (C=O) groups is 1. The lowest BCUT2D eigenvalue weighted by atomic mass is 10.1. The minimum atomic E-state index is -0.138. The van der Waals surface area contributed by atoms with Gasteiger partial charge in [0.25, 0.3) is 0 Å². The Kier molecular flexibility index (Phi) is 4.14. The van der Waals surface area contributed by atoms with Crippen LogP contribution in [0.2, 0.25) is 0 Å². The van der Waals surface area contributed by atoms with Crippen molar-refractivity contribution in [2.45, 2.75) is 6.42 Å². The molecule has 0 bridgehead atoms. The maximum Gasteiger partial charge on any atom is 0.228 e. The molecule has 0 aliphatic rings. The van der Waals surface area contributed by atoms with E-state index in [1.54, 1.807) is 44.8 Å². The van der Waals surface area contributed by atoms with E-state index in [2.05, 4.69) is 15.3 Å². The molecular weight excluding hydrogens is 294 g/mol. The number of fused-ring (bicyclic) bond motifs is 1. The van der Waals surface area contributed by atoms with Crippen LogP contribution in [0.1, 0.15) is 5.56 Å². The smallest absolute Gasteiger partial charge is 0.228 e. The molecule has 1 aromatic carbocycles. The van der Waals surface area contributed by atoms with Crippen LogP contribution in [0.4, 0.5) is 5.69 Å². The first kappa shape index (κ1) is 14.9. The summed E-state index contributed by atoms with van der Waals surface area (Å²) in [5.41, 5.74) is 2.25. The third-order valence-electron chi connectivity index (χ3n) is 3.57. The molecule has 118 valence electrons. The molecule has 2 heterocycles. The SMILES string of the molecule is COc1ccc(OC)c(NC(=O)Cc2c[nH]c3ncccc23)c1. The Balaban J connectivity index is 1.79. The van der Waals surface area contributed by atoms with Crippen LogP contribution in [0.5, 0.6) is 11.5 Å². The number of carbonyl (C=O) groups excluding carboxylic acids is 1. The molecule has 3 rings (SSSR count). The summed E-state index contributed by atoms with van der Waals surface area (Å²) in [4.78, 5) is 19.6. The highest BCUT2D eigenvalue weighted by atomic mass is 16.5. The van der Waals surface area contributed by atoms with E-state index in [4.69, 9.17) is 9.47 Å². The summed E-state index contributed by atoms with van der Waals surface area (Å²) in [6.07, 6.45) is 3.76. The Morgan fingerprint density at radius 2 is 2.13 bits per heavy atom. The molecule has 23 heavy (non-hydrogen) atoms. The Labute approximate surface area is 133 Å². The van der Waals surface area contributed by atoms with E-state index in [9.17, 15) is 4.79 Å². The highest BCUT2D eigenvalue weighted by molar-refractivity contribution is 5.96. The number of benzene rings is 1. The lowest BCUT2D eigenvalue weighted by Crippen LogP contribution is -2.15. The summed E-state index contributed by atoms with van der Waals surface area (Å²) in [7, 11) is 3.13. The van der Waals surface area contributed by atoms with Gasteiger partial charge in [0.05, 0.1) is 26.3 Å². The van der Waals surface area contributed by atoms with E-state index < -0.39 is 0 Å². The van der Waals surface area contributed by atoms with Crippen molar-refractivity contribution in [2.75, 3.05) is 19.5 Å². The number of amides is 1. The third-order valence-corrected chi connectivity index (χ3v) is 3.57. The molecule has 0 spiro atoms. The molecular formula is C17H17N3O3. The van der Waals surface area contributed by atoms with Gasteiger partial charge in [0.2, 0.25) is 5.91 Å². The number of pyridine rings is 1. The average molecular weight is 311 g/mol. The zero-order chi connectivity index (χ0) is 16.2. The summed E-state index contributed by atoms with van der Waals surface area (Å²) >= 11 is 0. The molecule has 0 saturated carbocycles. The van der Waals surface area contributed by atoms with Crippen molar-refractivity contribution in [3.05, 3.63) is 48.3 Å². The molecule has 0 radical (unpaired) electrons. The highest BCUT2D eigenvalue weighted by Gasteiger charge is 2.12. The van der Waals surface area contributed by atoms with E-state index in [1.807, 2.05) is 12.1 Å². The van der Waals surface area contributed by atoms with E-state index in [0.717, 1.165) is 16.6 Å². The van der Waals surface area contributed by atoms with Gasteiger partial charge in [-0.15, -0.1) is 0 Å². The number of aromatic amines is 1. The fourth-order valence-electron chi connectivity index (χ4n) is 2.44. The molecule has 2 N–H and O–H groups in total. The largest absolute Gasteiger partial charge is 0.497 e. The molecule has 0 unspecified atom stereocenters. The van der Waals surface area contributed by atoms with Gasteiger partial charge in [0.1, 0.15) is 17.1 Å². The number of H-pyrrole nitrogens is 1. The summed E-state index contributed by atoms with van der Waals surface area (Å²) in [5.74, 6) is 1.10. The van der Waals surface area contributed by atoms with Gasteiger partial charge >= 0.3 is 0 Å². The van der Waals surface area contributed by atoms with Crippen molar-refractivity contribution >= 4 is 22.6 Å². The fraction of sp³-hybridized carbons (Fsp3) is 0.176. The number of methoxy groups -OCH3 is 2. The second kappa shape index (κ2) is 6.39. The Morgan fingerprint density at radius 1 is 1.26 bits per heavy atom. The van der Waals surface area contributed by atoms with Gasteiger partial charge in [-0.25, -0.2) is 4.98 Å². The first-order valence-corrected chi connectivity index (χ1v) is 7.14. The normalized spacial score (nSPS) is 10.5.